The summed E-state index contributed by atoms with van der Waals surface area (Å²) in [5.41, 5.74) is 1.51. The molecule has 7 heteroatoms. The highest BCUT2D eigenvalue weighted by Crippen LogP contribution is 2.41. The van der Waals surface area contributed by atoms with Crippen LogP contribution in [-0.4, -0.2) is 61.7 Å². The van der Waals surface area contributed by atoms with Gasteiger partial charge in [-0.15, -0.1) is 0 Å². The maximum Gasteiger partial charge on any atom is 0.492 e. The van der Waals surface area contributed by atoms with Gasteiger partial charge in [0.05, 0.1) is 37.1 Å². The first kappa shape index (κ1) is 24.3. The van der Waals surface area contributed by atoms with Crippen molar-refractivity contribution in [1.82, 2.24) is 4.90 Å². The first-order valence-corrected chi connectivity index (χ1v) is 12.3. The number of ether oxygens (including phenoxy) is 2. The highest BCUT2D eigenvalue weighted by atomic mass is 16.7. The Morgan fingerprint density at radius 3 is 2.30 bits per heavy atom. The van der Waals surface area contributed by atoms with Crippen LogP contribution in [0.25, 0.3) is 0 Å². The van der Waals surface area contributed by atoms with E-state index in [2.05, 4.69) is 36.4 Å². The molecule has 1 aromatic rings. The zero-order valence-electron chi connectivity index (χ0n) is 20.7. The third-order valence-corrected chi connectivity index (χ3v) is 7.88. The molecule has 1 aromatic carbocycles. The number of methoxy groups -OCH3 is 1. The lowest BCUT2D eigenvalue weighted by molar-refractivity contribution is -0.00366. The maximum absolute atomic E-state index is 12.6. The Balaban J connectivity index is 1.42. The lowest BCUT2D eigenvalue weighted by Crippen LogP contribution is -2.50. The smallest absolute Gasteiger partial charge is 0.453 e. The third kappa shape index (κ3) is 5.15. The Bertz CT molecular complexity index is 831. The Hall–Kier alpha value is -1.83. The van der Waals surface area contributed by atoms with Crippen LogP contribution >= 0.6 is 0 Å². The van der Waals surface area contributed by atoms with E-state index in [1.807, 2.05) is 27.7 Å². The molecule has 0 N–H and O–H groups in total. The number of amides is 1. The molecule has 33 heavy (non-hydrogen) atoms. The zero-order valence-corrected chi connectivity index (χ0v) is 20.7. The van der Waals surface area contributed by atoms with Gasteiger partial charge in [-0.1, -0.05) is 36.4 Å². The van der Waals surface area contributed by atoms with Crippen LogP contribution in [0.2, 0.25) is 0 Å². The molecule has 1 atom stereocenters. The maximum atomic E-state index is 12.6. The van der Waals surface area contributed by atoms with Crippen molar-refractivity contribution in [2.45, 2.75) is 89.1 Å². The van der Waals surface area contributed by atoms with Crippen LogP contribution in [0.15, 0.2) is 41.9 Å². The molecule has 2 heterocycles. The lowest BCUT2D eigenvalue weighted by Gasteiger charge is -2.37. The number of hydrogen-bond acceptors (Lipinski definition) is 5. The molecule has 3 aliphatic rings. The number of carbonyl (C=O) groups excluding carboxylic acids is 1. The van der Waals surface area contributed by atoms with Crippen LogP contribution in [0, 0.1) is 0 Å². The van der Waals surface area contributed by atoms with E-state index in [0.717, 1.165) is 37.6 Å². The zero-order chi connectivity index (χ0) is 23.6. The molecular weight excluding hydrogens is 417 g/mol. The second-order valence-electron chi connectivity index (χ2n) is 10.5. The van der Waals surface area contributed by atoms with Gasteiger partial charge >= 0.3 is 13.2 Å². The Morgan fingerprint density at radius 1 is 1.06 bits per heavy atom. The molecule has 2 aliphatic heterocycles. The van der Waals surface area contributed by atoms with E-state index in [0.29, 0.717) is 19.1 Å². The first-order valence-electron chi connectivity index (χ1n) is 12.3. The molecule has 6 nitrogen and oxygen atoms in total. The summed E-state index contributed by atoms with van der Waals surface area (Å²) in [4.78, 5) is 14.3. The molecular formula is C26H38BNO5. The van der Waals surface area contributed by atoms with Crippen LogP contribution in [-0.2, 0) is 18.8 Å². The fourth-order valence-electron chi connectivity index (χ4n) is 5.11. The monoisotopic (exact) mass is 455 g/mol. The number of carbonyl (C=O) groups is 1. The summed E-state index contributed by atoms with van der Waals surface area (Å²) < 4.78 is 24.2. The number of rotatable bonds is 5. The van der Waals surface area contributed by atoms with Gasteiger partial charge in [0.25, 0.3) is 0 Å². The minimum Gasteiger partial charge on any atom is -0.453 e. The van der Waals surface area contributed by atoms with E-state index < -0.39 is 18.3 Å². The summed E-state index contributed by atoms with van der Waals surface area (Å²) in [6, 6.07) is 10.5. The van der Waals surface area contributed by atoms with Crippen LogP contribution in [0.3, 0.4) is 0 Å². The lowest BCUT2D eigenvalue weighted by atomic mass is 9.71. The van der Waals surface area contributed by atoms with Crippen molar-refractivity contribution in [1.29, 1.82) is 0 Å². The normalized spacial score (nSPS) is 29.0. The first-order chi connectivity index (χ1) is 15.7. The van der Waals surface area contributed by atoms with Gasteiger partial charge in [-0.3, -0.25) is 4.90 Å². The van der Waals surface area contributed by atoms with Crippen molar-refractivity contribution in [3.63, 3.8) is 0 Å². The third-order valence-electron chi connectivity index (χ3n) is 7.88. The van der Waals surface area contributed by atoms with E-state index in [9.17, 15) is 4.79 Å². The molecule has 1 saturated heterocycles. The van der Waals surface area contributed by atoms with Crippen LogP contribution in [0.4, 0.5) is 4.79 Å². The second-order valence-corrected chi connectivity index (χ2v) is 10.5. The molecule has 0 spiro atoms. The van der Waals surface area contributed by atoms with E-state index in [1.54, 1.807) is 4.90 Å². The molecule has 4 rings (SSSR count). The van der Waals surface area contributed by atoms with Crippen molar-refractivity contribution in [3.05, 3.63) is 47.4 Å². The largest absolute Gasteiger partial charge is 0.492 e. The second kappa shape index (κ2) is 9.81. The van der Waals surface area contributed by atoms with Crippen molar-refractivity contribution in [3.8, 4) is 0 Å². The number of hydrogen-bond donors (Lipinski definition) is 0. The van der Waals surface area contributed by atoms with Crippen LogP contribution < -0.4 is 0 Å². The average molecular weight is 455 g/mol. The molecule has 2 fully saturated rings. The number of nitrogens with zero attached hydrogens (tertiary/aromatic N) is 1. The topological polar surface area (TPSA) is 57.2 Å². The SMILES string of the molecule is COC(=O)N1CCC=C(B2OC(C)(C)C(C)(C)O2)C1CO[C@H]1CC[C@@H](c2ccccc2)CC1. The summed E-state index contributed by atoms with van der Waals surface area (Å²) in [6.07, 6.45) is 7.07. The molecule has 1 aliphatic carbocycles. The fourth-order valence-corrected chi connectivity index (χ4v) is 5.11. The van der Waals surface area contributed by atoms with Gasteiger partial charge in [0.1, 0.15) is 0 Å². The highest BCUT2D eigenvalue weighted by molar-refractivity contribution is 6.55. The van der Waals surface area contributed by atoms with Crippen molar-refractivity contribution < 1.29 is 23.6 Å². The molecule has 1 amide bonds. The average Bonchev–Trinajstić information content (AvgIpc) is 3.04. The van der Waals surface area contributed by atoms with Crippen molar-refractivity contribution >= 4 is 13.2 Å². The van der Waals surface area contributed by atoms with Gasteiger partial charge < -0.3 is 18.8 Å². The minimum atomic E-state index is -0.495. The molecule has 180 valence electrons. The fraction of sp³-hybridized carbons (Fsp3) is 0.654. The summed E-state index contributed by atoms with van der Waals surface area (Å²) in [7, 11) is 0.933. The molecule has 1 saturated carbocycles. The van der Waals surface area contributed by atoms with E-state index >= 15 is 0 Å². The van der Waals surface area contributed by atoms with Gasteiger partial charge in [-0.2, -0.15) is 0 Å². The highest BCUT2D eigenvalue weighted by Gasteiger charge is 2.54. The standard InChI is InChI=1S/C26H38BNO5/c1-25(2)26(3,4)33-27(32-25)22-12-9-17-28(24(29)30-5)23(22)18-31-21-15-13-20(14-16-21)19-10-7-6-8-11-19/h6-8,10-12,20-21,23H,9,13-18H2,1-5H3/t20-,21+,23?. The molecule has 0 bridgehead atoms. The van der Waals surface area contributed by atoms with Gasteiger partial charge in [-0.05, 0) is 76.8 Å². The Labute approximate surface area is 198 Å². The van der Waals surface area contributed by atoms with Gasteiger partial charge in [0.2, 0.25) is 0 Å². The molecule has 0 aromatic heterocycles. The predicted octanol–water partition coefficient (Wildman–Crippen LogP) is 5.13. The van der Waals surface area contributed by atoms with Crippen LogP contribution in [0.5, 0.6) is 0 Å². The summed E-state index contributed by atoms with van der Waals surface area (Å²) >= 11 is 0. The van der Waals surface area contributed by atoms with Crippen LogP contribution in [0.1, 0.15) is 71.3 Å². The van der Waals surface area contributed by atoms with E-state index in [-0.39, 0.29) is 18.2 Å². The van der Waals surface area contributed by atoms with E-state index in [4.69, 9.17) is 18.8 Å². The quantitative estimate of drug-likeness (QED) is 0.577. The predicted molar refractivity (Wildman–Crippen MR) is 129 cm³/mol. The Kier molecular flexibility index (Phi) is 7.22. The van der Waals surface area contributed by atoms with Gasteiger partial charge in [0, 0.05) is 6.54 Å². The van der Waals surface area contributed by atoms with Gasteiger partial charge in [-0.25, -0.2) is 4.79 Å². The van der Waals surface area contributed by atoms with Gasteiger partial charge in [0.15, 0.2) is 0 Å². The number of benzene rings is 1. The van der Waals surface area contributed by atoms with E-state index in [1.165, 1.54) is 12.7 Å². The summed E-state index contributed by atoms with van der Waals surface area (Å²) in [6.45, 7) is 9.21. The van der Waals surface area contributed by atoms with Crippen molar-refractivity contribution in [2.24, 2.45) is 0 Å². The molecule has 1 unspecified atom stereocenters. The summed E-state index contributed by atoms with van der Waals surface area (Å²) in [5, 5.41) is 0. The summed E-state index contributed by atoms with van der Waals surface area (Å²) in [5.74, 6) is 0.604. The minimum absolute atomic E-state index is 0.200. The molecule has 0 radical (unpaired) electrons. The Morgan fingerprint density at radius 2 is 1.70 bits per heavy atom. The van der Waals surface area contributed by atoms with Crippen molar-refractivity contribution in [2.75, 3.05) is 20.3 Å².